The molecule has 1 saturated heterocycles. The number of carbonyl (C=O) groups is 2. The van der Waals surface area contributed by atoms with Crippen molar-refractivity contribution in [2.24, 2.45) is 0 Å². The van der Waals surface area contributed by atoms with Crippen molar-refractivity contribution >= 4 is 11.9 Å². The molecule has 0 aromatic heterocycles. The van der Waals surface area contributed by atoms with Crippen LogP contribution in [0.3, 0.4) is 0 Å². The monoisotopic (exact) mass is 291 g/mol. The number of ether oxygens (including phenoxy) is 1. The Morgan fingerprint density at radius 3 is 2.67 bits per heavy atom. The number of amides is 1. The number of likely N-dealkylation sites (tertiary alicyclic amines) is 1. The largest absolute Gasteiger partial charge is 0.480 e. The van der Waals surface area contributed by atoms with Crippen molar-refractivity contribution in [3.8, 4) is 0 Å². The second kappa shape index (κ2) is 7.78. The maximum absolute atomic E-state index is 12.2. The number of benzene rings is 1. The highest BCUT2D eigenvalue weighted by molar-refractivity contribution is 5.84. The van der Waals surface area contributed by atoms with Gasteiger partial charge in [-0.05, 0) is 18.4 Å². The highest BCUT2D eigenvalue weighted by Gasteiger charge is 2.30. The van der Waals surface area contributed by atoms with Gasteiger partial charge in [0.25, 0.3) is 0 Å². The Morgan fingerprint density at radius 2 is 1.95 bits per heavy atom. The fraction of sp³-hybridized carbons (Fsp3) is 0.500. The van der Waals surface area contributed by atoms with Gasteiger partial charge in [0.15, 0.2) is 0 Å². The lowest BCUT2D eigenvalue weighted by Gasteiger charge is -2.26. The average Bonchev–Trinajstić information content (AvgIpc) is 2.74. The fourth-order valence-electron chi connectivity index (χ4n) is 2.58. The molecule has 1 aromatic rings. The van der Waals surface area contributed by atoms with E-state index in [1.54, 1.807) is 0 Å². The van der Waals surface area contributed by atoms with Gasteiger partial charge in [0, 0.05) is 6.54 Å². The minimum absolute atomic E-state index is 0.0708. The molecule has 1 unspecified atom stereocenters. The van der Waals surface area contributed by atoms with Gasteiger partial charge in [-0.1, -0.05) is 43.2 Å². The van der Waals surface area contributed by atoms with E-state index in [-0.39, 0.29) is 12.5 Å². The van der Waals surface area contributed by atoms with E-state index in [9.17, 15) is 14.7 Å². The molecular formula is C16H21NO4. The van der Waals surface area contributed by atoms with Gasteiger partial charge in [-0.2, -0.15) is 0 Å². The lowest BCUT2D eigenvalue weighted by Crippen LogP contribution is -2.46. The first-order chi connectivity index (χ1) is 10.2. The molecule has 114 valence electrons. The molecule has 2 rings (SSSR count). The molecule has 1 heterocycles. The number of carboxylic acid groups (broad SMARTS) is 1. The van der Waals surface area contributed by atoms with E-state index >= 15 is 0 Å². The first-order valence-electron chi connectivity index (χ1n) is 7.32. The molecule has 1 atom stereocenters. The second-order valence-corrected chi connectivity index (χ2v) is 5.27. The zero-order valence-corrected chi connectivity index (χ0v) is 12.0. The van der Waals surface area contributed by atoms with Gasteiger partial charge < -0.3 is 14.7 Å². The maximum atomic E-state index is 12.2. The summed E-state index contributed by atoms with van der Waals surface area (Å²) in [4.78, 5) is 24.9. The van der Waals surface area contributed by atoms with Crippen LogP contribution < -0.4 is 0 Å². The number of carboxylic acids is 1. The molecule has 1 aliphatic heterocycles. The van der Waals surface area contributed by atoms with E-state index in [0.717, 1.165) is 24.8 Å². The van der Waals surface area contributed by atoms with Gasteiger partial charge in [0.1, 0.15) is 12.6 Å². The maximum Gasteiger partial charge on any atom is 0.326 e. The molecule has 0 aliphatic carbocycles. The number of rotatable bonds is 5. The van der Waals surface area contributed by atoms with Gasteiger partial charge >= 0.3 is 5.97 Å². The fourth-order valence-corrected chi connectivity index (χ4v) is 2.58. The first-order valence-corrected chi connectivity index (χ1v) is 7.32. The van der Waals surface area contributed by atoms with Crippen LogP contribution in [0.5, 0.6) is 0 Å². The van der Waals surface area contributed by atoms with Crippen LogP contribution in [-0.4, -0.2) is 41.1 Å². The Hall–Kier alpha value is -1.88. The standard InChI is InChI=1S/C16H21NO4/c18-15(12-21-11-13-7-3-1-4-8-13)17-10-6-2-5-9-14(17)16(19)20/h1,3-4,7-8,14H,2,5-6,9-12H2,(H,19,20). The second-order valence-electron chi connectivity index (χ2n) is 5.27. The highest BCUT2D eigenvalue weighted by Crippen LogP contribution is 2.17. The molecule has 1 amide bonds. The summed E-state index contributed by atoms with van der Waals surface area (Å²) in [5.41, 5.74) is 0.996. The summed E-state index contributed by atoms with van der Waals surface area (Å²) in [5.74, 6) is -1.16. The molecule has 0 bridgehead atoms. The number of aliphatic carboxylic acids is 1. The highest BCUT2D eigenvalue weighted by atomic mass is 16.5. The Kier molecular flexibility index (Phi) is 5.75. The van der Waals surface area contributed by atoms with Crippen LogP contribution in [0, 0.1) is 0 Å². The van der Waals surface area contributed by atoms with E-state index in [4.69, 9.17) is 4.74 Å². The van der Waals surface area contributed by atoms with E-state index in [0.29, 0.717) is 19.6 Å². The van der Waals surface area contributed by atoms with E-state index in [1.165, 1.54) is 4.90 Å². The Bertz CT molecular complexity index is 474. The third-order valence-electron chi connectivity index (χ3n) is 3.70. The minimum Gasteiger partial charge on any atom is -0.480 e. The summed E-state index contributed by atoms with van der Waals surface area (Å²) in [7, 11) is 0. The Morgan fingerprint density at radius 1 is 1.19 bits per heavy atom. The van der Waals surface area contributed by atoms with Crippen LogP contribution in [0.15, 0.2) is 30.3 Å². The van der Waals surface area contributed by atoms with Crippen LogP contribution in [0.4, 0.5) is 0 Å². The first kappa shape index (κ1) is 15.5. The molecule has 1 fully saturated rings. The molecule has 1 aliphatic rings. The molecule has 0 spiro atoms. The smallest absolute Gasteiger partial charge is 0.326 e. The predicted molar refractivity (Wildman–Crippen MR) is 77.7 cm³/mol. The number of hydrogen-bond donors (Lipinski definition) is 1. The van der Waals surface area contributed by atoms with Crippen molar-refractivity contribution in [2.75, 3.05) is 13.2 Å². The SMILES string of the molecule is O=C(O)C1CCCCCN1C(=O)COCc1ccccc1. The van der Waals surface area contributed by atoms with Crippen molar-refractivity contribution in [3.63, 3.8) is 0 Å². The van der Waals surface area contributed by atoms with Crippen LogP contribution in [-0.2, 0) is 20.9 Å². The molecule has 0 saturated carbocycles. The molecule has 1 N–H and O–H groups in total. The molecule has 0 radical (unpaired) electrons. The molecule has 1 aromatic carbocycles. The Balaban J connectivity index is 1.87. The normalized spacial score (nSPS) is 19.0. The minimum atomic E-state index is -0.923. The van der Waals surface area contributed by atoms with Crippen molar-refractivity contribution in [2.45, 2.75) is 38.3 Å². The summed E-state index contributed by atoms with van der Waals surface area (Å²) < 4.78 is 5.42. The van der Waals surface area contributed by atoms with Crippen LogP contribution >= 0.6 is 0 Å². The summed E-state index contributed by atoms with van der Waals surface area (Å²) in [5, 5.41) is 9.25. The zero-order valence-electron chi connectivity index (χ0n) is 12.0. The van der Waals surface area contributed by atoms with Crippen molar-refractivity contribution in [1.29, 1.82) is 0 Å². The average molecular weight is 291 g/mol. The third-order valence-corrected chi connectivity index (χ3v) is 3.70. The lowest BCUT2D eigenvalue weighted by atomic mass is 10.1. The third kappa shape index (κ3) is 4.56. The van der Waals surface area contributed by atoms with Crippen molar-refractivity contribution < 1.29 is 19.4 Å². The van der Waals surface area contributed by atoms with Crippen LogP contribution in [0.2, 0.25) is 0 Å². The van der Waals surface area contributed by atoms with Crippen LogP contribution in [0.25, 0.3) is 0 Å². The zero-order chi connectivity index (χ0) is 15.1. The Labute approximate surface area is 124 Å². The molecular weight excluding hydrogens is 270 g/mol. The van der Waals surface area contributed by atoms with E-state index < -0.39 is 12.0 Å². The summed E-state index contributed by atoms with van der Waals surface area (Å²) in [6.45, 7) is 0.793. The van der Waals surface area contributed by atoms with Gasteiger partial charge in [-0.3, -0.25) is 4.79 Å². The van der Waals surface area contributed by atoms with Crippen molar-refractivity contribution in [3.05, 3.63) is 35.9 Å². The lowest BCUT2D eigenvalue weighted by molar-refractivity contribution is -0.152. The number of hydrogen-bond acceptors (Lipinski definition) is 3. The quantitative estimate of drug-likeness (QED) is 0.901. The summed E-state index contributed by atoms with van der Waals surface area (Å²) >= 11 is 0. The van der Waals surface area contributed by atoms with Gasteiger partial charge in [0.2, 0.25) is 5.91 Å². The van der Waals surface area contributed by atoms with E-state index in [1.807, 2.05) is 30.3 Å². The van der Waals surface area contributed by atoms with Crippen molar-refractivity contribution in [1.82, 2.24) is 4.90 Å². The molecule has 5 heteroatoms. The number of carbonyl (C=O) groups excluding carboxylic acids is 1. The van der Waals surface area contributed by atoms with E-state index in [2.05, 4.69) is 0 Å². The van der Waals surface area contributed by atoms with Gasteiger partial charge in [-0.15, -0.1) is 0 Å². The predicted octanol–water partition coefficient (Wildman–Crippen LogP) is 2.06. The summed E-state index contributed by atoms with van der Waals surface area (Å²) in [6.07, 6.45) is 3.21. The van der Waals surface area contributed by atoms with Crippen LogP contribution in [0.1, 0.15) is 31.2 Å². The topological polar surface area (TPSA) is 66.8 Å². The number of nitrogens with zero attached hydrogens (tertiary/aromatic N) is 1. The molecule has 5 nitrogen and oxygen atoms in total. The van der Waals surface area contributed by atoms with Gasteiger partial charge in [-0.25, -0.2) is 4.79 Å². The van der Waals surface area contributed by atoms with Gasteiger partial charge in [0.05, 0.1) is 6.61 Å². The summed E-state index contributed by atoms with van der Waals surface area (Å²) in [6, 6.07) is 8.89. The molecule has 21 heavy (non-hydrogen) atoms.